The maximum atomic E-state index is 12.7. The molecule has 0 saturated heterocycles. The highest BCUT2D eigenvalue weighted by atomic mass is 32.2. The van der Waals surface area contributed by atoms with Gasteiger partial charge in [-0.15, -0.1) is 11.8 Å². The topological polar surface area (TPSA) is 57.6 Å². The van der Waals surface area contributed by atoms with E-state index in [9.17, 15) is 14.0 Å². The molecule has 6 heteroatoms. The maximum Gasteiger partial charge on any atom is 0.303 e. The van der Waals surface area contributed by atoms with E-state index < -0.39 is 5.97 Å². The molecule has 1 amide bonds. The molecule has 0 atom stereocenters. The van der Waals surface area contributed by atoms with Gasteiger partial charge in [-0.05, 0) is 24.1 Å². The number of rotatable bonds is 8. The molecule has 0 aliphatic rings. The molecule has 1 aromatic rings. The van der Waals surface area contributed by atoms with Gasteiger partial charge in [0, 0.05) is 25.8 Å². The zero-order valence-corrected chi connectivity index (χ0v) is 12.2. The van der Waals surface area contributed by atoms with E-state index in [-0.39, 0.29) is 18.1 Å². The minimum Gasteiger partial charge on any atom is -0.481 e. The van der Waals surface area contributed by atoms with Crippen LogP contribution in [0.5, 0.6) is 0 Å². The van der Waals surface area contributed by atoms with Gasteiger partial charge in [-0.3, -0.25) is 9.59 Å². The standard InChI is InChI=1S/C14H18FNO3S/c1-16(8-2-3-14(18)19)13(17)10-20-9-11-4-6-12(15)7-5-11/h4-7H,2-3,8-10H2,1H3,(H,18,19). The molecule has 0 unspecified atom stereocenters. The molecule has 20 heavy (non-hydrogen) atoms. The van der Waals surface area contributed by atoms with Crippen molar-refractivity contribution in [2.24, 2.45) is 0 Å². The lowest BCUT2D eigenvalue weighted by molar-refractivity contribution is -0.137. The third-order valence-electron chi connectivity index (χ3n) is 2.72. The van der Waals surface area contributed by atoms with Gasteiger partial charge in [-0.1, -0.05) is 12.1 Å². The van der Waals surface area contributed by atoms with Gasteiger partial charge in [0.2, 0.25) is 5.91 Å². The Kier molecular flexibility index (Phi) is 7.08. The molecular formula is C14H18FNO3S. The normalized spacial score (nSPS) is 10.3. The molecule has 0 spiro atoms. The predicted molar refractivity (Wildman–Crippen MR) is 77.1 cm³/mol. The van der Waals surface area contributed by atoms with Gasteiger partial charge in [0.25, 0.3) is 0 Å². The number of carboxylic acid groups (broad SMARTS) is 1. The first-order valence-corrected chi connectivity index (χ1v) is 7.42. The van der Waals surface area contributed by atoms with Crippen molar-refractivity contribution in [1.82, 2.24) is 4.90 Å². The number of hydrogen-bond acceptors (Lipinski definition) is 3. The molecule has 1 aromatic carbocycles. The Morgan fingerprint density at radius 3 is 2.55 bits per heavy atom. The van der Waals surface area contributed by atoms with Crippen LogP contribution in [0.3, 0.4) is 0 Å². The quantitative estimate of drug-likeness (QED) is 0.800. The van der Waals surface area contributed by atoms with Crippen molar-refractivity contribution >= 4 is 23.6 Å². The fourth-order valence-electron chi connectivity index (χ4n) is 1.54. The Morgan fingerprint density at radius 1 is 1.30 bits per heavy atom. The van der Waals surface area contributed by atoms with Gasteiger partial charge in [0.05, 0.1) is 5.75 Å². The number of carboxylic acids is 1. The van der Waals surface area contributed by atoms with Gasteiger partial charge in [0.1, 0.15) is 5.82 Å². The number of benzene rings is 1. The van der Waals surface area contributed by atoms with Crippen LogP contribution >= 0.6 is 11.8 Å². The monoisotopic (exact) mass is 299 g/mol. The van der Waals surface area contributed by atoms with Crippen molar-refractivity contribution in [2.75, 3.05) is 19.3 Å². The number of nitrogens with zero attached hydrogens (tertiary/aromatic N) is 1. The van der Waals surface area contributed by atoms with Crippen molar-refractivity contribution < 1.29 is 19.1 Å². The number of carbonyl (C=O) groups excluding carboxylic acids is 1. The van der Waals surface area contributed by atoms with Crippen molar-refractivity contribution in [2.45, 2.75) is 18.6 Å². The number of halogens is 1. The average Bonchev–Trinajstić information content (AvgIpc) is 2.40. The Balaban J connectivity index is 2.21. The Bertz CT molecular complexity index is 450. The summed E-state index contributed by atoms with van der Waals surface area (Å²) in [5.41, 5.74) is 0.970. The van der Waals surface area contributed by atoms with E-state index in [1.54, 1.807) is 24.1 Å². The van der Waals surface area contributed by atoms with Crippen molar-refractivity contribution in [3.8, 4) is 0 Å². The van der Waals surface area contributed by atoms with Crippen LogP contribution in [0, 0.1) is 5.82 Å². The maximum absolute atomic E-state index is 12.7. The molecule has 0 aromatic heterocycles. The van der Waals surface area contributed by atoms with Crippen LogP contribution in [-0.2, 0) is 15.3 Å². The summed E-state index contributed by atoms with van der Waals surface area (Å²) < 4.78 is 12.7. The second-order valence-electron chi connectivity index (χ2n) is 4.43. The van der Waals surface area contributed by atoms with E-state index in [4.69, 9.17) is 5.11 Å². The van der Waals surface area contributed by atoms with Crippen LogP contribution in [0.4, 0.5) is 4.39 Å². The highest BCUT2D eigenvalue weighted by molar-refractivity contribution is 7.99. The molecule has 1 rings (SSSR count). The molecule has 0 saturated carbocycles. The molecule has 0 radical (unpaired) electrons. The van der Waals surface area contributed by atoms with Crippen molar-refractivity contribution in [3.05, 3.63) is 35.6 Å². The van der Waals surface area contributed by atoms with Crippen LogP contribution in [0.15, 0.2) is 24.3 Å². The number of amides is 1. The van der Waals surface area contributed by atoms with Crippen LogP contribution in [0.25, 0.3) is 0 Å². The first kappa shape index (κ1) is 16.5. The largest absolute Gasteiger partial charge is 0.481 e. The van der Waals surface area contributed by atoms with E-state index in [2.05, 4.69) is 0 Å². The minimum atomic E-state index is -0.850. The summed E-state index contributed by atoms with van der Waals surface area (Å²) in [4.78, 5) is 23.7. The first-order chi connectivity index (χ1) is 9.49. The van der Waals surface area contributed by atoms with Crippen LogP contribution in [0.2, 0.25) is 0 Å². The second kappa shape index (κ2) is 8.58. The highest BCUT2D eigenvalue weighted by Gasteiger charge is 2.09. The summed E-state index contributed by atoms with van der Waals surface area (Å²) in [6.45, 7) is 0.447. The van der Waals surface area contributed by atoms with Gasteiger partial charge in [-0.2, -0.15) is 0 Å². The van der Waals surface area contributed by atoms with Gasteiger partial charge < -0.3 is 10.0 Å². The second-order valence-corrected chi connectivity index (χ2v) is 5.42. The number of hydrogen-bond donors (Lipinski definition) is 1. The summed E-state index contributed by atoms with van der Waals surface area (Å²) in [5.74, 6) is -0.164. The molecule has 0 fully saturated rings. The summed E-state index contributed by atoms with van der Waals surface area (Å²) in [5, 5.41) is 8.52. The Hall–Kier alpha value is -1.56. The fraction of sp³-hybridized carbons (Fsp3) is 0.429. The first-order valence-electron chi connectivity index (χ1n) is 6.27. The molecular weight excluding hydrogens is 281 g/mol. The Morgan fingerprint density at radius 2 is 1.95 bits per heavy atom. The number of thioether (sulfide) groups is 1. The lowest BCUT2D eigenvalue weighted by atomic mass is 10.2. The van der Waals surface area contributed by atoms with Crippen molar-refractivity contribution in [3.63, 3.8) is 0 Å². The van der Waals surface area contributed by atoms with E-state index in [0.29, 0.717) is 24.5 Å². The summed E-state index contributed by atoms with van der Waals surface area (Å²) in [6, 6.07) is 6.19. The van der Waals surface area contributed by atoms with Gasteiger partial charge in [-0.25, -0.2) is 4.39 Å². The van der Waals surface area contributed by atoms with E-state index in [1.165, 1.54) is 23.9 Å². The van der Waals surface area contributed by atoms with E-state index >= 15 is 0 Å². The van der Waals surface area contributed by atoms with Crippen LogP contribution in [0.1, 0.15) is 18.4 Å². The molecule has 0 heterocycles. The molecule has 110 valence electrons. The van der Waals surface area contributed by atoms with Gasteiger partial charge >= 0.3 is 5.97 Å². The highest BCUT2D eigenvalue weighted by Crippen LogP contribution is 2.13. The van der Waals surface area contributed by atoms with Gasteiger partial charge in [0.15, 0.2) is 0 Å². The Labute approximate surface area is 122 Å². The average molecular weight is 299 g/mol. The smallest absolute Gasteiger partial charge is 0.303 e. The summed E-state index contributed by atoms with van der Waals surface area (Å²) in [7, 11) is 1.67. The lowest BCUT2D eigenvalue weighted by Crippen LogP contribution is -2.29. The molecule has 0 bridgehead atoms. The SMILES string of the molecule is CN(CCCC(=O)O)C(=O)CSCc1ccc(F)cc1. The fourth-order valence-corrected chi connectivity index (χ4v) is 2.46. The summed E-state index contributed by atoms with van der Waals surface area (Å²) >= 11 is 1.46. The minimum absolute atomic E-state index is 0.0255. The number of aliphatic carboxylic acids is 1. The van der Waals surface area contributed by atoms with Crippen molar-refractivity contribution in [1.29, 1.82) is 0 Å². The zero-order chi connectivity index (χ0) is 15.0. The van der Waals surface area contributed by atoms with E-state index in [0.717, 1.165) is 5.56 Å². The number of carbonyl (C=O) groups is 2. The molecule has 4 nitrogen and oxygen atoms in total. The third-order valence-corrected chi connectivity index (χ3v) is 3.71. The lowest BCUT2D eigenvalue weighted by Gasteiger charge is -2.16. The van der Waals surface area contributed by atoms with Crippen LogP contribution in [-0.4, -0.2) is 41.2 Å². The molecule has 0 aliphatic heterocycles. The summed E-state index contributed by atoms with van der Waals surface area (Å²) in [6.07, 6.45) is 0.528. The zero-order valence-electron chi connectivity index (χ0n) is 11.3. The predicted octanol–water partition coefficient (Wildman–Crippen LogP) is 2.38. The molecule has 1 N–H and O–H groups in total. The van der Waals surface area contributed by atoms with E-state index in [1.807, 2.05) is 0 Å². The molecule has 0 aliphatic carbocycles. The third kappa shape index (κ3) is 6.56. The van der Waals surface area contributed by atoms with Crippen LogP contribution < -0.4 is 0 Å².